The molecular formula is C28H26O4. The van der Waals surface area contributed by atoms with Crippen LogP contribution >= 0.6 is 0 Å². The van der Waals surface area contributed by atoms with Crippen molar-refractivity contribution in [1.29, 1.82) is 0 Å². The first-order valence-corrected chi connectivity index (χ1v) is 10.4. The summed E-state index contributed by atoms with van der Waals surface area (Å²) in [7, 11) is 3.25. The highest BCUT2D eigenvalue weighted by Crippen LogP contribution is 2.50. The number of ether oxygens (including phenoxy) is 2. The predicted molar refractivity (Wildman–Crippen MR) is 125 cm³/mol. The van der Waals surface area contributed by atoms with Crippen LogP contribution in [0.4, 0.5) is 0 Å². The van der Waals surface area contributed by atoms with Gasteiger partial charge < -0.3 is 19.7 Å². The minimum Gasteiger partial charge on any atom is -0.508 e. The number of benzene rings is 4. The topological polar surface area (TPSA) is 58.9 Å². The minimum atomic E-state index is -1.08. The van der Waals surface area contributed by atoms with Gasteiger partial charge in [0.1, 0.15) is 23.4 Å². The van der Waals surface area contributed by atoms with Gasteiger partial charge in [0.15, 0.2) is 0 Å². The fourth-order valence-corrected chi connectivity index (χ4v) is 4.33. The quantitative estimate of drug-likeness (QED) is 0.384. The summed E-state index contributed by atoms with van der Waals surface area (Å²) in [6.45, 7) is 0. The average Bonchev–Trinajstić information content (AvgIpc) is 2.86. The molecule has 0 aliphatic rings. The molecular weight excluding hydrogens is 400 g/mol. The number of methoxy groups -OCH3 is 2. The highest BCUT2D eigenvalue weighted by atomic mass is 16.5. The smallest absolute Gasteiger partial charge is 0.121 e. The Morgan fingerprint density at radius 3 is 1.50 bits per heavy atom. The summed E-state index contributed by atoms with van der Waals surface area (Å²) in [6.07, 6.45) is -1.08. The molecule has 2 N–H and O–H groups in total. The molecule has 4 heteroatoms. The molecule has 0 aliphatic heterocycles. The van der Waals surface area contributed by atoms with Gasteiger partial charge in [0.25, 0.3) is 0 Å². The van der Waals surface area contributed by atoms with E-state index < -0.39 is 11.5 Å². The van der Waals surface area contributed by atoms with Gasteiger partial charge in [-0.1, -0.05) is 72.8 Å². The molecule has 0 heterocycles. The number of hydrogen-bond donors (Lipinski definition) is 2. The molecule has 0 aromatic heterocycles. The molecule has 4 aromatic carbocycles. The highest BCUT2D eigenvalue weighted by molar-refractivity contribution is 5.56. The van der Waals surface area contributed by atoms with Gasteiger partial charge in [0, 0.05) is 5.56 Å². The lowest BCUT2D eigenvalue weighted by atomic mass is 9.64. The van der Waals surface area contributed by atoms with Crippen LogP contribution in [-0.4, -0.2) is 24.4 Å². The van der Waals surface area contributed by atoms with Gasteiger partial charge in [0.2, 0.25) is 0 Å². The van der Waals surface area contributed by atoms with Crippen LogP contribution in [0.5, 0.6) is 17.2 Å². The largest absolute Gasteiger partial charge is 0.508 e. The number of rotatable bonds is 7. The lowest BCUT2D eigenvalue weighted by Crippen LogP contribution is -2.36. The molecule has 1 atom stereocenters. The van der Waals surface area contributed by atoms with Crippen molar-refractivity contribution in [3.63, 3.8) is 0 Å². The third-order valence-corrected chi connectivity index (χ3v) is 5.96. The van der Waals surface area contributed by atoms with Gasteiger partial charge >= 0.3 is 0 Å². The summed E-state index contributed by atoms with van der Waals surface area (Å²) in [6, 6.07) is 32.1. The predicted octanol–water partition coefficient (Wildman–Crippen LogP) is 5.48. The van der Waals surface area contributed by atoms with E-state index >= 15 is 0 Å². The number of aliphatic hydroxyl groups excluding tert-OH is 1. The van der Waals surface area contributed by atoms with Gasteiger partial charge in [-0.15, -0.1) is 0 Å². The summed E-state index contributed by atoms with van der Waals surface area (Å²) in [5, 5.41) is 22.7. The lowest BCUT2D eigenvalue weighted by molar-refractivity contribution is 0.119. The molecule has 0 saturated carbocycles. The second kappa shape index (κ2) is 9.16. The van der Waals surface area contributed by atoms with Crippen molar-refractivity contribution in [3.05, 3.63) is 125 Å². The van der Waals surface area contributed by atoms with E-state index in [4.69, 9.17) is 9.47 Å². The van der Waals surface area contributed by atoms with Crippen molar-refractivity contribution >= 4 is 0 Å². The monoisotopic (exact) mass is 426 g/mol. The molecule has 0 saturated heterocycles. The zero-order valence-electron chi connectivity index (χ0n) is 18.1. The number of phenols is 1. The first-order chi connectivity index (χ1) is 15.6. The molecule has 1 unspecified atom stereocenters. The number of hydrogen-bond acceptors (Lipinski definition) is 4. The molecule has 0 bridgehead atoms. The van der Waals surface area contributed by atoms with Crippen molar-refractivity contribution in [3.8, 4) is 17.2 Å². The van der Waals surface area contributed by atoms with Crippen LogP contribution < -0.4 is 9.47 Å². The molecule has 0 aliphatic carbocycles. The number of para-hydroxylation sites is 1. The fourth-order valence-electron chi connectivity index (χ4n) is 4.33. The van der Waals surface area contributed by atoms with Crippen LogP contribution in [0.15, 0.2) is 103 Å². The normalized spacial score (nSPS) is 12.2. The van der Waals surface area contributed by atoms with Crippen molar-refractivity contribution in [2.75, 3.05) is 14.2 Å². The maximum absolute atomic E-state index is 12.0. The van der Waals surface area contributed by atoms with E-state index in [-0.39, 0.29) is 5.75 Å². The Morgan fingerprint density at radius 2 is 1.03 bits per heavy atom. The van der Waals surface area contributed by atoms with Gasteiger partial charge in [-0.25, -0.2) is 0 Å². The summed E-state index contributed by atoms with van der Waals surface area (Å²) < 4.78 is 10.7. The first-order valence-electron chi connectivity index (χ1n) is 10.4. The number of aliphatic hydroxyl groups is 1. The SMILES string of the molecule is COc1ccc(C(c2ccccc2)(c2ccc(OC)cc2)C(O)c2ccccc2O)cc1. The molecule has 0 fully saturated rings. The Labute approximate surface area is 188 Å². The van der Waals surface area contributed by atoms with E-state index in [0.29, 0.717) is 5.56 Å². The van der Waals surface area contributed by atoms with Crippen molar-refractivity contribution in [2.24, 2.45) is 0 Å². The van der Waals surface area contributed by atoms with Gasteiger partial charge in [-0.3, -0.25) is 0 Å². The minimum absolute atomic E-state index is 0.0438. The van der Waals surface area contributed by atoms with E-state index in [1.165, 1.54) is 0 Å². The summed E-state index contributed by atoms with van der Waals surface area (Å²) >= 11 is 0. The average molecular weight is 427 g/mol. The van der Waals surface area contributed by atoms with Crippen LogP contribution in [-0.2, 0) is 5.41 Å². The molecule has 32 heavy (non-hydrogen) atoms. The van der Waals surface area contributed by atoms with Crippen LogP contribution in [0.1, 0.15) is 28.4 Å². The Kier molecular flexibility index (Phi) is 6.15. The van der Waals surface area contributed by atoms with Crippen LogP contribution in [0.3, 0.4) is 0 Å². The Hall–Kier alpha value is -3.76. The van der Waals surface area contributed by atoms with Crippen molar-refractivity contribution in [1.82, 2.24) is 0 Å². The van der Waals surface area contributed by atoms with Gasteiger partial charge in [-0.05, 0) is 47.0 Å². The molecule has 4 aromatic rings. The van der Waals surface area contributed by atoms with Gasteiger partial charge in [0.05, 0.1) is 19.6 Å². The van der Waals surface area contributed by atoms with E-state index in [2.05, 4.69) is 0 Å². The summed E-state index contributed by atoms with van der Waals surface area (Å²) in [4.78, 5) is 0. The zero-order chi connectivity index (χ0) is 22.6. The van der Waals surface area contributed by atoms with Crippen LogP contribution in [0.2, 0.25) is 0 Å². The summed E-state index contributed by atoms with van der Waals surface area (Å²) in [5.74, 6) is 1.49. The van der Waals surface area contributed by atoms with E-state index in [9.17, 15) is 10.2 Å². The van der Waals surface area contributed by atoms with Crippen LogP contribution in [0.25, 0.3) is 0 Å². The van der Waals surface area contributed by atoms with E-state index in [1.807, 2.05) is 84.9 Å². The Morgan fingerprint density at radius 1 is 0.594 bits per heavy atom. The zero-order valence-corrected chi connectivity index (χ0v) is 18.1. The molecule has 4 nitrogen and oxygen atoms in total. The first kappa shape index (κ1) is 21.5. The maximum Gasteiger partial charge on any atom is 0.121 e. The second-order valence-electron chi connectivity index (χ2n) is 7.59. The molecule has 162 valence electrons. The molecule has 0 spiro atoms. The second-order valence-corrected chi connectivity index (χ2v) is 7.59. The summed E-state index contributed by atoms with van der Waals surface area (Å²) in [5.41, 5.74) is 2.07. The fraction of sp³-hybridized carbons (Fsp3) is 0.143. The van der Waals surface area contributed by atoms with Crippen LogP contribution in [0, 0.1) is 0 Å². The third-order valence-electron chi connectivity index (χ3n) is 5.96. The number of phenolic OH excluding ortho intramolecular Hbond substituents is 1. The Balaban J connectivity index is 2.06. The maximum atomic E-state index is 12.0. The van der Waals surface area contributed by atoms with Crippen molar-refractivity contribution in [2.45, 2.75) is 11.5 Å². The van der Waals surface area contributed by atoms with Gasteiger partial charge in [-0.2, -0.15) is 0 Å². The Bertz CT molecular complexity index is 1100. The van der Waals surface area contributed by atoms with E-state index in [0.717, 1.165) is 28.2 Å². The van der Waals surface area contributed by atoms with Crippen molar-refractivity contribution < 1.29 is 19.7 Å². The highest BCUT2D eigenvalue weighted by Gasteiger charge is 2.44. The molecule has 0 radical (unpaired) electrons. The standard InChI is InChI=1S/C28H26O4/c1-31-23-16-12-21(13-17-23)28(20-8-4-3-5-9-20,22-14-18-24(32-2)19-15-22)27(30)25-10-6-7-11-26(25)29/h3-19,27,29-30H,1-2H3. The lowest BCUT2D eigenvalue weighted by Gasteiger charge is -2.40. The third kappa shape index (κ3) is 3.70. The number of aromatic hydroxyl groups is 1. The molecule has 0 amide bonds. The van der Waals surface area contributed by atoms with E-state index in [1.54, 1.807) is 32.4 Å². The molecule has 4 rings (SSSR count).